The molecule has 2 aliphatic carbocycles. The molecule has 2 atom stereocenters. The van der Waals surface area contributed by atoms with Crippen LogP contribution in [0.2, 0.25) is 0 Å². The van der Waals surface area contributed by atoms with Crippen LogP contribution < -0.4 is 0 Å². The highest BCUT2D eigenvalue weighted by atomic mass is 16.2. The third-order valence-electron chi connectivity index (χ3n) is 7.17. The van der Waals surface area contributed by atoms with E-state index in [1.807, 2.05) is 0 Å². The lowest BCUT2D eigenvalue weighted by molar-refractivity contribution is -0.137. The van der Waals surface area contributed by atoms with Crippen LogP contribution in [-0.2, 0) is 11.2 Å². The second-order valence-electron chi connectivity index (χ2n) is 8.66. The van der Waals surface area contributed by atoms with E-state index in [2.05, 4.69) is 41.8 Å². The minimum atomic E-state index is 0.326. The average Bonchev–Trinajstić information content (AvgIpc) is 3.36. The van der Waals surface area contributed by atoms with E-state index in [9.17, 15) is 4.79 Å². The molecule has 3 heteroatoms. The van der Waals surface area contributed by atoms with Gasteiger partial charge in [-0.2, -0.15) is 0 Å². The van der Waals surface area contributed by atoms with E-state index in [1.165, 1.54) is 37.7 Å². The van der Waals surface area contributed by atoms with E-state index in [0.717, 1.165) is 39.0 Å². The van der Waals surface area contributed by atoms with Crippen LogP contribution in [0.5, 0.6) is 0 Å². The highest BCUT2D eigenvalue weighted by Crippen LogP contribution is 2.38. The Labute approximate surface area is 158 Å². The van der Waals surface area contributed by atoms with Gasteiger partial charge in [0.2, 0.25) is 5.91 Å². The van der Waals surface area contributed by atoms with Gasteiger partial charge in [0.15, 0.2) is 0 Å². The Morgan fingerprint density at radius 2 is 1.85 bits per heavy atom. The fraction of sp³-hybridized carbons (Fsp3) is 0.696. The SMILES string of the molecule is CCC(C)c1ccc2c(c1)C(N1CCN(C(=O)C3CCCC3)CC1)CC2. The number of rotatable bonds is 4. The molecule has 1 saturated heterocycles. The average molecular weight is 355 g/mol. The lowest BCUT2D eigenvalue weighted by atomic mass is 9.94. The summed E-state index contributed by atoms with van der Waals surface area (Å²) in [6, 6.07) is 7.76. The summed E-state index contributed by atoms with van der Waals surface area (Å²) in [5.41, 5.74) is 4.61. The first-order valence-electron chi connectivity index (χ1n) is 10.8. The van der Waals surface area contributed by atoms with E-state index in [0.29, 0.717) is 23.8 Å². The molecule has 2 fully saturated rings. The molecule has 1 amide bonds. The zero-order valence-electron chi connectivity index (χ0n) is 16.5. The van der Waals surface area contributed by atoms with Crippen LogP contribution in [0.25, 0.3) is 0 Å². The van der Waals surface area contributed by atoms with Crippen molar-refractivity contribution >= 4 is 5.91 Å². The Morgan fingerprint density at radius 3 is 2.54 bits per heavy atom. The molecule has 0 bridgehead atoms. The van der Waals surface area contributed by atoms with Gasteiger partial charge in [-0.05, 0) is 54.7 Å². The second kappa shape index (κ2) is 7.72. The first-order valence-corrected chi connectivity index (χ1v) is 10.8. The van der Waals surface area contributed by atoms with Crippen molar-refractivity contribution in [3.05, 3.63) is 34.9 Å². The van der Waals surface area contributed by atoms with Crippen molar-refractivity contribution in [1.29, 1.82) is 0 Å². The number of hydrogen-bond donors (Lipinski definition) is 0. The number of aryl methyl sites for hydroxylation is 1. The van der Waals surface area contributed by atoms with E-state index >= 15 is 0 Å². The number of piperazine rings is 1. The smallest absolute Gasteiger partial charge is 0.225 e. The normalized spacial score (nSPS) is 25.5. The van der Waals surface area contributed by atoms with E-state index in [1.54, 1.807) is 11.1 Å². The minimum absolute atomic E-state index is 0.326. The van der Waals surface area contributed by atoms with Crippen molar-refractivity contribution < 1.29 is 4.79 Å². The highest BCUT2D eigenvalue weighted by Gasteiger charge is 2.33. The molecule has 2 unspecified atom stereocenters. The Kier molecular flexibility index (Phi) is 5.35. The number of carbonyl (C=O) groups is 1. The number of nitrogens with zero attached hydrogens (tertiary/aromatic N) is 2. The molecular formula is C23H34N2O. The van der Waals surface area contributed by atoms with Crippen LogP contribution in [0, 0.1) is 5.92 Å². The van der Waals surface area contributed by atoms with E-state index in [-0.39, 0.29) is 0 Å². The molecule has 1 aromatic rings. The predicted molar refractivity (Wildman–Crippen MR) is 106 cm³/mol. The van der Waals surface area contributed by atoms with Gasteiger partial charge in [0.25, 0.3) is 0 Å². The topological polar surface area (TPSA) is 23.6 Å². The summed E-state index contributed by atoms with van der Waals surface area (Å²) in [7, 11) is 0. The molecule has 1 aromatic carbocycles. The summed E-state index contributed by atoms with van der Waals surface area (Å²) < 4.78 is 0. The third-order valence-corrected chi connectivity index (χ3v) is 7.17. The number of carbonyl (C=O) groups excluding carboxylic acids is 1. The molecule has 3 nitrogen and oxygen atoms in total. The number of benzene rings is 1. The van der Waals surface area contributed by atoms with E-state index in [4.69, 9.17) is 0 Å². The predicted octanol–water partition coefficient (Wildman–Crippen LogP) is 4.52. The summed E-state index contributed by atoms with van der Waals surface area (Å²) in [4.78, 5) is 17.5. The van der Waals surface area contributed by atoms with E-state index < -0.39 is 0 Å². The van der Waals surface area contributed by atoms with Gasteiger partial charge in [-0.1, -0.05) is 44.9 Å². The number of amides is 1. The molecule has 0 aromatic heterocycles. The monoisotopic (exact) mass is 354 g/mol. The first-order chi connectivity index (χ1) is 12.7. The summed E-state index contributed by atoms with van der Waals surface area (Å²) >= 11 is 0. The Bertz CT molecular complexity index is 642. The molecular weight excluding hydrogens is 320 g/mol. The van der Waals surface area contributed by atoms with Crippen LogP contribution >= 0.6 is 0 Å². The molecule has 3 aliphatic rings. The summed E-state index contributed by atoms with van der Waals surface area (Å²) in [6.07, 6.45) is 8.38. The number of fused-ring (bicyclic) bond motifs is 1. The largest absolute Gasteiger partial charge is 0.340 e. The fourth-order valence-corrected chi connectivity index (χ4v) is 5.21. The van der Waals surface area contributed by atoms with Gasteiger partial charge < -0.3 is 4.90 Å². The second-order valence-corrected chi connectivity index (χ2v) is 8.66. The molecule has 4 rings (SSSR count). The molecule has 0 radical (unpaired) electrons. The van der Waals surface area contributed by atoms with Crippen molar-refractivity contribution in [2.24, 2.45) is 5.92 Å². The van der Waals surface area contributed by atoms with Crippen molar-refractivity contribution in [3.8, 4) is 0 Å². The van der Waals surface area contributed by atoms with Crippen LogP contribution in [-0.4, -0.2) is 41.9 Å². The zero-order valence-corrected chi connectivity index (χ0v) is 16.5. The fourth-order valence-electron chi connectivity index (χ4n) is 5.21. The Balaban J connectivity index is 1.41. The van der Waals surface area contributed by atoms with Crippen LogP contribution in [0.1, 0.15) is 81.0 Å². The standard InChI is InChI=1S/C23H34N2O/c1-3-17(2)20-9-8-18-10-11-22(21(18)16-20)24-12-14-25(15-13-24)23(26)19-6-4-5-7-19/h8-9,16-17,19,22H,3-7,10-15H2,1-2H3. The number of hydrogen-bond acceptors (Lipinski definition) is 2. The van der Waals surface area contributed by atoms with Gasteiger partial charge in [-0.3, -0.25) is 9.69 Å². The highest BCUT2D eigenvalue weighted by molar-refractivity contribution is 5.79. The zero-order chi connectivity index (χ0) is 18.1. The summed E-state index contributed by atoms with van der Waals surface area (Å²) in [5, 5.41) is 0. The van der Waals surface area contributed by atoms with Crippen molar-refractivity contribution in [2.75, 3.05) is 26.2 Å². The lowest BCUT2D eigenvalue weighted by Gasteiger charge is -2.39. The molecule has 142 valence electrons. The maximum absolute atomic E-state index is 12.7. The van der Waals surface area contributed by atoms with Gasteiger partial charge in [0.05, 0.1) is 0 Å². The van der Waals surface area contributed by atoms with Crippen LogP contribution in [0.3, 0.4) is 0 Å². The molecule has 0 spiro atoms. The Hall–Kier alpha value is -1.35. The molecule has 0 N–H and O–H groups in total. The lowest BCUT2D eigenvalue weighted by Crippen LogP contribution is -2.50. The molecule has 26 heavy (non-hydrogen) atoms. The first kappa shape index (κ1) is 18.0. The minimum Gasteiger partial charge on any atom is -0.340 e. The van der Waals surface area contributed by atoms with Gasteiger partial charge in [-0.25, -0.2) is 0 Å². The van der Waals surface area contributed by atoms with Gasteiger partial charge in [0.1, 0.15) is 0 Å². The molecule has 1 aliphatic heterocycles. The Morgan fingerprint density at radius 1 is 1.12 bits per heavy atom. The van der Waals surface area contributed by atoms with Gasteiger partial charge in [0, 0.05) is 38.1 Å². The van der Waals surface area contributed by atoms with Crippen molar-refractivity contribution in [3.63, 3.8) is 0 Å². The van der Waals surface area contributed by atoms with Crippen molar-refractivity contribution in [2.45, 2.75) is 70.8 Å². The molecule has 1 heterocycles. The maximum Gasteiger partial charge on any atom is 0.225 e. The maximum atomic E-state index is 12.7. The molecule has 1 saturated carbocycles. The van der Waals surface area contributed by atoms with Gasteiger partial charge >= 0.3 is 0 Å². The third kappa shape index (κ3) is 3.43. The van der Waals surface area contributed by atoms with Crippen molar-refractivity contribution in [1.82, 2.24) is 9.80 Å². The van der Waals surface area contributed by atoms with Gasteiger partial charge in [-0.15, -0.1) is 0 Å². The summed E-state index contributed by atoms with van der Waals surface area (Å²) in [6.45, 7) is 8.53. The van der Waals surface area contributed by atoms with Crippen LogP contribution in [0.15, 0.2) is 18.2 Å². The van der Waals surface area contributed by atoms with Crippen LogP contribution in [0.4, 0.5) is 0 Å². The summed E-state index contributed by atoms with van der Waals surface area (Å²) in [5.74, 6) is 1.40. The quantitative estimate of drug-likeness (QED) is 0.793.